The summed E-state index contributed by atoms with van der Waals surface area (Å²) in [6, 6.07) is 13.8. The molecule has 0 bridgehead atoms. The Morgan fingerprint density at radius 3 is 2.69 bits per heavy atom. The lowest BCUT2D eigenvalue weighted by Gasteiger charge is -2.24. The summed E-state index contributed by atoms with van der Waals surface area (Å²) in [7, 11) is 1.31. The van der Waals surface area contributed by atoms with Gasteiger partial charge in [0.15, 0.2) is 0 Å². The molecule has 2 aliphatic rings. The van der Waals surface area contributed by atoms with Crippen LogP contribution in [0.3, 0.4) is 0 Å². The van der Waals surface area contributed by atoms with Crippen LogP contribution in [0.5, 0.6) is 0 Å². The number of esters is 1. The molecule has 4 rings (SSSR count). The molecular formula is C22H21N3O4. The molecule has 0 aromatic heterocycles. The highest BCUT2D eigenvalue weighted by molar-refractivity contribution is 6.16. The van der Waals surface area contributed by atoms with Crippen LogP contribution in [0.4, 0.5) is 17.1 Å². The second-order valence-corrected chi connectivity index (χ2v) is 7.08. The van der Waals surface area contributed by atoms with Gasteiger partial charge in [-0.2, -0.15) is 0 Å². The molecule has 0 saturated heterocycles. The Kier molecular flexibility index (Phi) is 5.12. The fourth-order valence-corrected chi connectivity index (χ4v) is 3.79. The van der Waals surface area contributed by atoms with Crippen molar-refractivity contribution in [2.75, 3.05) is 23.9 Å². The third kappa shape index (κ3) is 3.76. The molecule has 1 N–H and O–H groups in total. The molecule has 2 aromatic carbocycles. The molecule has 1 heterocycles. The zero-order valence-corrected chi connectivity index (χ0v) is 16.1. The van der Waals surface area contributed by atoms with Crippen molar-refractivity contribution in [3.05, 3.63) is 54.1 Å². The summed E-state index contributed by atoms with van der Waals surface area (Å²) in [6.45, 7) is -0.103. The predicted molar refractivity (Wildman–Crippen MR) is 110 cm³/mol. The molecule has 1 saturated carbocycles. The number of ether oxygens (including phenoxy) is 1. The SMILES string of the molecule is COC(=O)c1ccc(NC(=O)CN2C(=O)C3CCCC3=Nc3ccccc32)cc1. The van der Waals surface area contributed by atoms with E-state index in [1.807, 2.05) is 24.3 Å². The first-order valence-corrected chi connectivity index (χ1v) is 9.53. The second kappa shape index (κ2) is 7.87. The van der Waals surface area contributed by atoms with Gasteiger partial charge in [0.05, 0.1) is 30.0 Å². The molecule has 1 unspecified atom stereocenters. The maximum Gasteiger partial charge on any atom is 0.337 e. The Hall–Kier alpha value is -3.48. The van der Waals surface area contributed by atoms with E-state index in [9.17, 15) is 14.4 Å². The van der Waals surface area contributed by atoms with Crippen molar-refractivity contribution in [3.8, 4) is 0 Å². The highest BCUT2D eigenvalue weighted by atomic mass is 16.5. The Morgan fingerprint density at radius 1 is 1.17 bits per heavy atom. The fourth-order valence-electron chi connectivity index (χ4n) is 3.79. The summed E-state index contributed by atoms with van der Waals surface area (Å²) in [5.41, 5.74) is 3.21. The Bertz CT molecular complexity index is 997. The first kappa shape index (κ1) is 18.9. The Morgan fingerprint density at radius 2 is 1.93 bits per heavy atom. The third-order valence-electron chi connectivity index (χ3n) is 5.22. The van der Waals surface area contributed by atoms with Crippen molar-refractivity contribution < 1.29 is 19.1 Å². The van der Waals surface area contributed by atoms with E-state index in [0.29, 0.717) is 16.9 Å². The number of nitrogens with one attached hydrogen (secondary N) is 1. The maximum atomic E-state index is 13.1. The van der Waals surface area contributed by atoms with E-state index >= 15 is 0 Å². The first-order chi connectivity index (χ1) is 14.1. The van der Waals surface area contributed by atoms with E-state index in [-0.39, 0.29) is 24.3 Å². The molecule has 2 aromatic rings. The zero-order valence-electron chi connectivity index (χ0n) is 16.1. The predicted octanol–water partition coefficient (Wildman–Crippen LogP) is 3.33. The van der Waals surface area contributed by atoms with Gasteiger partial charge in [0.2, 0.25) is 11.8 Å². The number of para-hydroxylation sites is 2. The van der Waals surface area contributed by atoms with Gasteiger partial charge in [0, 0.05) is 11.4 Å². The first-order valence-electron chi connectivity index (χ1n) is 9.53. The molecule has 2 amide bonds. The summed E-state index contributed by atoms with van der Waals surface area (Å²) in [4.78, 5) is 43.6. The van der Waals surface area contributed by atoms with Crippen molar-refractivity contribution >= 4 is 40.6 Å². The molecule has 7 nitrogen and oxygen atoms in total. The zero-order chi connectivity index (χ0) is 20.4. The van der Waals surface area contributed by atoms with Crippen molar-refractivity contribution in [1.29, 1.82) is 0 Å². The molecule has 7 heteroatoms. The number of carbonyl (C=O) groups is 3. The third-order valence-corrected chi connectivity index (χ3v) is 5.22. The number of rotatable bonds is 4. The topological polar surface area (TPSA) is 88.1 Å². The highest BCUT2D eigenvalue weighted by Crippen LogP contribution is 2.37. The van der Waals surface area contributed by atoms with Crippen molar-refractivity contribution in [3.63, 3.8) is 0 Å². The normalized spacial score (nSPS) is 17.7. The number of hydrogen-bond acceptors (Lipinski definition) is 5. The molecule has 1 atom stereocenters. The van der Waals surface area contributed by atoms with Gasteiger partial charge in [-0.1, -0.05) is 12.1 Å². The van der Waals surface area contributed by atoms with E-state index in [1.165, 1.54) is 12.0 Å². The molecule has 1 aliphatic carbocycles. The monoisotopic (exact) mass is 391 g/mol. The lowest BCUT2D eigenvalue weighted by atomic mass is 10.1. The van der Waals surface area contributed by atoms with Crippen LogP contribution in [-0.2, 0) is 14.3 Å². The van der Waals surface area contributed by atoms with Gasteiger partial charge in [-0.25, -0.2) is 4.79 Å². The second-order valence-electron chi connectivity index (χ2n) is 7.08. The molecule has 29 heavy (non-hydrogen) atoms. The Labute approximate surface area is 168 Å². The molecular weight excluding hydrogens is 370 g/mol. The Balaban J connectivity index is 1.53. The van der Waals surface area contributed by atoms with Crippen LogP contribution in [0.25, 0.3) is 0 Å². The van der Waals surface area contributed by atoms with Gasteiger partial charge in [0.1, 0.15) is 6.54 Å². The van der Waals surface area contributed by atoms with E-state index in [4.69, 9.17) is 4.99 Å². The largest absolute Gasteiger partial charge is 0.465 e. The number of benzene rings is 2. The average Bonchev–Trinajstić information content (AvgIpc) is 3.16. The number of anilines is 2. The summed E-state index contributed by atoms with van der Waals surface area (Å²) in [5, 5.41) is 2.78. The minimum absolute atomic E-state index is 0.0811. The molecule has 0 spiro atoms. The van der Waals surface area contributed by atoms with Crippen LogP contribution in [-0.4, -0.2) is 37.1 Å². The lowest BCUT2D eigenvalue weighted by Crippen LogP contribution is -2.41. The number of aliphatic imine (C=N–C) groups is 1. The fraction of sp³-hybridized carbons (Fsp3) is 0.273. The minimum Gasteiger partial charge on any atom is -0.465 e. The summed E-state index contributed by atoms with van der Waals surface area (Å²) < 4.78 is 4.67. The van der Waals surface area contributed by atoms with Gasteiger partial charge in [0.25, 0.3) is 0 Å². The summed E-state index contributed by atoms with van der Waals surface area (Å²) >= 11 is 0. The van der Waals surface area contributed by atoms with Gasteiger partial charge in [-0.3, -0.25) is 14.6 Å². The summed E-state index contributed by atoms with van der Waals surface area (Å²) in [5.74, 6) is -1.10. The molecule has 148 valence electrons. The number of methoxy groups -OCH3 is 1. The van der Waals surface area contributed by atoms with Gasteiger partial charge < -0.3 is 15.0 Å². The molecule has 1 aliphatic heterocycles. The van der Waals surface area contributed by atoms with E-state index in [2.05, 4.69) is 10.1 Å². The minimum atomic E-state index is -0.443. The maximum absolute atomic E-state index is 13.1. The van der Waals surface area contributed by atoms with Crippen molar-refractivity contribution in [2.24, 2.45) is 10.9 Å². The van der Waals surface area contributed by atoms with Gasteiger partial charge in [-0.05, 0) is 55.7 Å². The smallest absolute Gasteiger partial charge is 0.337 e. The number of nitrogens with zero attached hydrogens (tertiary/aromatic N) is 2. The van der Waals surface area contributed by atoms with Crippen molar-refractivity contribution in [1.82, 2.24) is 0 Å². The number of fused-ring (bicyclic) bond motifs is 2. The molecule has 1 fully saturated rings. The van der Waals surface area contributed by atoms with E-state index < -0.39 is 5.97 Å². The van der Waals surface area contributed by atoms with Crippen LogP contribution in [0.2, 0.25) is 0 Å². The average molecular weight is 391 g/mol. The lowest BCUT2D eigenvalue weighted by molar-refractivity contribution is -0.122. The summed E-state index contributed by atoms with van der Waals surface area (Å²) in [6.07, 6.45) is 2.51. The van der Waals surface area contributed by atoms with Crippen LogP contribution in [0, 0.1) is 5.92 Å². The van der Waals surface area contributed by atoms with E-state index in [1.54, 1.807) is 24.3 Å². The van der Waals surface area contributed by atoms with Gasteiger partial charge in [-0.15, -0.1) is 0 Å². The van der Waals surface area contributed by atoms with E-state index in [0.717, 1.165) is 30.7 Å². The standard InChI is InChI=1S/C22H21N3O4/c1-29-22(28)14-9-11-15(12-10-14)23-20(26)13-25-19-8-3-2-6-18(19)24-17-7-4-5-16(17)21(25)27/h2-3,6,8-12,16H,4-5,7,13H2,1H3,(H,23,26). The van der Waals surface area contributed by atoms with Crippen molar-refractivity contribution in [2.45, 2.75) is 19.3 Å². The van der Waals surface area contributed by atoms with Gasteiger partial charge >= 0.3 is 5.97 Å². The van der Waals surface area contributed by atoms with Crippen LogP contribution in [0.15, 0.2) is 53.5 Å². The van der Waals surface area contributed by atoms with Crippen LogP contribution >= 0.6 is 0 Å². The number of amides is 2. The quantitative estimate of drug-likeness (QED) is 0.810. The van der Waals surface area contributed by atoms with Crippen LogP contribution < -0.4 is 10.2 Å². The highest BCUT2D eigenvalue weighted by Gasteiger charge is 2.37. The number of carbonyl (C=O) groups excluding carboxylic acids is 3. The van der Waals surface area contributed by atoms with Crippen LogP contribution in [0.1, 0.15) is 29.6 Å². The molecule has 0 radical (unpaired) electrons. The number of hydrogen-bond donors (Lipinski definition) is 1.